The van der Waals surface area contributed by atoms with E-state index in [2.05, 4.69) is 16.9 Å². The molecule has 0 N–H and O–H groups in total. The second-order valence-electron chi connectivity index (χ2n) is 7.20. The first kappa shape index (κ1) is 20.4. The summed E-state index contributed by atoms with van der Waals surface area (Å²) in [7, 11) is 1.77. The molecule has 4 nitrogen and oxygen atoms in total. The maximum absolute atomic E-state index is 13.4. The molecule has 3 rings (SSSR count). The van der Waals surface area contributed by atoms with Crippen LogP contribution in [0.15, 0.2) is 30.5 Å². The van der Waals surface area contributed by atoms with Crippen LogP contribution in [-0.2, 0) is 12.6 Å². The predicted molar refractivity (Wildman–Crippen MR) is 103 cm³/mol. The van der Waals surface area contributed by atoms with Gasteiger partial charge in [0.15, 0.2) is 0 Å². The Morgan fingerprint density at radius 1 is 1.14 bits per heavy atom. The van der Waals surface area contributed by atoms with Gasteiger partial charge in [-0.25, -0.2) is 4.98 Å². The first-order valence-corrected chi connectivity index (χ1v) is 9.82. The van der Waals surface area contributed by atoms with Crippen molar-refractivity contribution < 1.29 is 17.9 Å². The summed E-state index contributed by atoms with van der Waals surface area (Å²) in [4.78, 5) is 9.90. The molecular formula is C21H26F3N3O. The van der Waals surface area contributed by atoms with Gasteiger partial charge >= 0.3 is 6.18 Å². The maximum atomic E-state index is 13.4. The normalized spacial score (nSPS) is 15.5. The minimum Gasteiger partial charge on any atom is -0.474 e. The molecular weight excluding hydrogens is 367 g/mol. The molecule has 1 aromatic carbocycles. The largest absolute Gasteiger partial charge is 0.474 e. The van der Waals surface area contributed by atoms with E-state index in [-0.39, 0.29) is 17.9 Å². The molecule has 2 aromatic rings. The standard InChI is InChI=1S/C21H26F3N3O/c1-3-9-15-10-7-8-13-18(15)27(2)20-25-14-17(21(22,23)24)19(26-20)28-16-11-5-4-6-12-16/h7-8,10,13-14,16H,3-6,9,11-12H2,1-2H3. The van der Waals surface area contributed by atoms with E-state index < -0.39 is 11.7 Å². The van der Waals surface area contributed by atoms with Gasteiger partial charge < -0.3 is 9.64 Å². The van der Waals surface area contributed by atoms with Gasteiger partial charge in [0.2, 0.25) is 11.8 Å². The third-order valence-corrected chi connectivity index (χ3v) is 5.05. The topological polar surface area (TPSA) is 38.2 Å². The van der Waals surface area contributed by atoms with Crippen LogP contribution < -0.4 is 9.64 Å². The van der Waals surface area contributed by atoms with E-state index in [1.54, 1.807) is 11.9 Å². The van der Waals surface area contributed by atoms with Crippen molar-refractivity contribution in [2.45, 2.75) is 64.1 Å². The molecule has 7 heteroatoms. The van der Waals surface area contributed by atoms with Crippen LogP contribution in [-0.4, -0.2) is 23.1 Å². The molecule has 152 valence electrons. The quantitative estimate of drug-likeness (QED) is 0.610. The molecule has 1 heterocycles. The molecule has 0 atom stereocenters. The van der Waals surface area contributed by atoms with Gasteiger partial charge in [-0.1, -0.05) is 38.0 Å². The lowest BCUT2D eigenvalue weighted by Gasteiger charge is -2.25. The molecule has 1 aromatic heterocycles. The van der Waals surface area contributed by atoms with Crippen LogP contribution in [0.1, 0.15) is 56.6 Å². The van der Waals surface area contributed by atoms with Crippen molar-refractivity contribution in [3.05, 3.63) is 41.6 Å². The second-order valence-corrected chi connectivity index (χ2v) is 7.20. The Morgan fingerprint density at radius 2 is 1.86 bits per heavy atom. The Labute approximate surface area is 163 Å². The van der Waals surface area contributed by atoms with E-state index in [9.17, 15) is 13.2 Å². The lowest BCUT2D eigenvalue weighted by atomic mass is 9.98. The van der Waals surface area contributed by atoms with Crippen molar-refractivity contribution in [2.24, 2.45) is 0 Å². The van der Waals surface area contributed by atoms with Gasteiger partial charge in [0.1, 0.15) is 11.7 Å². The lowest BCUT2D eigenvalue weighted by molar-refractivity contribution is -0.140. The predicted octanol–water partition coefficient (Wildman–Crippen LogP) is 5.93. The summed E-state index contributed by atoms with van der Waals surface area (Å²) in [6.07, 6.45) is 2.43. The number of anilines is 2. The summed E-state index contributed by atoms with van der Waals surface area (Å²) in [6, 6.07) is 7.79. The highest BCUT2D eigenvalue weighted by atomic mass is 19.4. The number of halogens is 3. The minimum atomic E-state index is -4.55. The number of nitrogens with zero attached hydrogens (tertiary/aromatic N) is 3. The van der Waals surface area contributed by atoms with Gasteiger partial charge in [0.05, 0.1) is 0 Å². The zero-order chi connectivity index (χ0) is 20.1. The Hall–Kier alpha value is -2.31. The molecule has 0 aliphatic heterocycles. The van der Waals surface area contributed by atoms with Gasteiger partial charge in [-0.05, 0) is 43.7 Å². The van der Waals surface area contributed by atoms with Crippen molar-refractivity contribution in [2.75, 3.05) is 11.9 Å². The zero-order valence-corrected chi connectivity index (χ0v) is 16.3. The smallest absolute Gasteiger partial charge is 0.423 e. The number of rotatable bonds is 6. The first-order valence-electron chi connectivity index (χ1n) is 9.82. The second kappa shape index (κ2) is 8.80. The number of ether oxygens (including phenoxy) is 1. The Kier molecular flexibility index (Phi) is 6.42. The fraction of sp³-hybridized carbons (Fsp3) is 0.524. The number of para-hydroxylation sites is 1. The number of hydrogen-bond donors (Lipinski definition) is 0. The van der Waals surface area contributed by atoms with Crippen molar-refractivity contribution in [3.8, 4) is 5.88 Å². The average Bonchev–Trinajstić information content (AvgIpc) is 2.68. The number of benzene rings is 1. The molecule has 1 aliphatic rings. The van der Waals surface area contributed by atoms with Crippen LogP contribution in [0, 0.1) is 0 Å². The summed E-state index contributed by atoms with van der Waals surface area (Å²) in [6.45, 7) is 2.08. The molecule has 1 aliphatic carbocycles. The monoisotopic (exact) mass is 393 g/mol. The van der Waals surface area contributed by atoms with Crippen LogP contribution >= 0.6 is 0 Å². The molecule has 0 amide bonds. The number of alkyl halides is 3. The summed E-state index contributed by atoms with van der Waals surface area (Å²) in [5.74, 6) is -0.174. The number of aryl methyl sites for hydroxylation is 1. The van der Waals surface area contributed by atoms with Crippen LogP contribution in [0.5, 0.6) is 5.88 Å². The van der Waals surface area contributed by atoms with Crippen LogP contribution in [0.4, 0.5) is 24.8 Å². The van der Waals surface area contributed by atoms with Crippen molar-refractivity contribution in [1.29, 1.82) is 0 Å². The highest BCUT2D eigenvalue weighted by molar-refractivity contribution is 5.61. The van der Waals surface area contributed by atoms with E-state index in [4.69, 9.17) is 4.74 Å². The molecule has 0 bridgehead atoms. The molecule has 1 fully saturated rings. The fourth-order valence-electron chi connectivity index (χ4n) is 3.57. The summed E-state index contributed by atoms with van der Waals surface area (Å²) in [5, 5.41) is 0. The van der Waals surface area contributed by atoms with Gasteiger partial charge in [0, 0.05) is 18.9 Å². The molecule has 28 heavy (non-hydrogen) atoms. The van der Waals surface area contributed by atoms with Gasteiger partial charge in [-0.3, -0.25) is 0 Å². The van der Waals surface area contributed by atoms with Crippen molar-refractivity contribution >= 4 is 11.6 Å². The summed E-state index contributed by atoms with van der Waals surface area (Å²) in [5.41, 5.74) is 1.07. The maximum Gasteiger partial charge on any atom is 0.423 e. The zero-order valence-electron chi connectivity index (χ0n) is 16.3. The van der Waals surface area contributed by atoms with E-state index >= 15 is 0 Å². The fourth-order valence-corrected chi connectivity index (χ4v) is 3.57. The lowest BCUT2D eigenvalue weighted by Crippen LogP contribution is -2.24. The summed E-state index contributed by atoms with van der Waals surface area (Å²) >= 11 is 0. The van der Waals surface area contributed by atoms with Gasteiger partial charge in [0.25, 0.3) is 0 Å². The molecule has 0 radical (unpaired) electrons. The molecule has 0 unspecified atom stereocenters. The van der Waals surface area contributed by atoms with Crippen LogP contribution in [0.25, 0.3) is 0 Å². The Balaban J connectivity index is 1.94. The Morgan fingerprint density at radius 3 is 2.54 bits per heavy atom. The van der Waals surface area contributed by atoms with Crippen LogP contribution in [0.2, 0.25) is 0 Å². The molecule has 0 saturated heterocycles. The van der Waals surface area contributed by atoms with E-state index in [0.717, 1.165) is 62.4 Å². The average molecular weight is 393 g/mol. The minimum absolute atomic E-state index is 0.197. The van der Waals surface area contributed by atoms with E-state index in [0.29, 0.717) is 0 Å². The highest BCUT2D eigenvalue weighted by Crippen LogP contribution is 2.37. The highest BCUT2D eigenvalue weighted by Gasteiger charge is 2.37. The SMILES string of the molecule is CCCc1ccccc1N(C)c1ncc(C(F)(F)F)c(OC2CCCCC2)n1. The Bertz CT molecular complexity index is 789. The van der Waals surface area contributed by atoms with Crippen molar-refractivity contribution in [1.82, 2.24) is 9.97 Å². The third-order valence-electron chi connectivity index (χ3n) is 5.05. The van der Waals surface area contributed by atoms with Gasteiger partial charge in [-0.2, -0.15) is 18.2 Å². The first-order chi connectivity index (χ1) is 13.4. The van der Waals surface area contributed by atoms with Crippen LogP contribution in [0.3, 0.4) is 0 Å². The van der Waals surface area contributed by atoms with E-state index in [1.807, 2.05) is 24.3 Å². The number of hydrogen-bond acceptors (Lipinski definition) is 4. The summed E-state index contributed by atoms with van der Waals surface area (Å²) < 4.78 is 46.1. The molecule has 0 spiro atoms. The van der Waals surface area contributed by atoms with Crippen molar-refractivity contribution in [3.63, 3.8) is 0 Å². The van der Waals surface area contributed by atoms with Gasteiger partial charge in [-0.15, -0.1) is 0 Å². The molecule has 1 saturated carbocycles. The third kappa shape index (κ3) is 4.75. The number of aromatic nitrogens is 2. The van der Waals surface area contributed by atoms with E-state index in [1.165, 1.54) is 0 Å².